The van der Waals surface area contributed by atoms with Gasteiger partial charge in [-0.2, -0.15) is 0 Å². The van der Waals surface area contributed by atoms with Crippen molar-refractivity contribution in [3.63, 3.8) is 0 Å². The highest BCUT2D eigenvalue weighted by molar-refractivity contribution is 5.96. The highest BCUT2D eigenvalue weighted by Gasteiger charge is 2.21. The number of ketones is 1. The summed E-state index contributed by atoms with van der Waals surface area (Å²) >= 11 is 0. The van der Waals surface area contributed by atoms with Crippen LogP contribution in [0.15, 0.2) is 18.2 Å². The number of rotatable bonds is 6. The van der Waals surface area contributed by atoms with Crippen LogP contribution in [0.3, 0.4) is 0 Å². The third kappa shape index (κ3) is 3.92. The van der Waals surface area contributed by atoms with Crippen molar-refractivity contribution in [1.29, 1.82) is 0 Å². The lowest BCUT2D eigenvalue weighted by molar-refractivity contribution is 0.0953. The minimum Gasteiger partial charge on any atom is -0.300 e. The molecule has 20 heavy (non-hydrogen) atoms. The van der Waals surface area contributed by atoms with Crippen LogP contribution in [-0.2, 0) is 0 Å². The summed E-state index contributed by atoms with van der Waals surface area (Å²) in [5, 5.41) is 0. The van der Waals surface area contributed by atoms with Gasteiger partial charge < -0.3 is 4.90 Å². The average molecular weight is 273 g/mol. The first-order valence-corrected chi connectivity index (χ1v) is 7.95. The zero-order chi connectivity index (χ0) is 14.5. The Kier molecular flexibility index (Phi) is 5.36. The molecule has 1 aliphatic rings. The van der Waals surface area contributed by atoms with Crippen LogP contribution in [0.25, 0.3) is 0 Å². The first-order chi connectivity index (χ1) is 9.60. The lowest BCUT2D eigenvalue weighted by Gasteiger charge is -2.27. The summed E-state index contributed by atoms with van der Waals surface area (Å²) < 4.78 is 0. The molecule has 0 radical (unpaired) electrons. The smallest absolute Gasteiger partial charge is 0.164 e. The Balaban J connectivity index is 1.93. The van der Waals surface area contributed by atoms with Gasteiger partial charge in [0.2, 0.25) is 0 Å². The Bertz CT molecular complexity index is 440. The van der Waals surface area contributed by atoms with Crippen LogP contribution in [0.2, 0.25) is 0 Å². The van der Waals surface area contributed by atoms with E-state index in [0.717, 1.165) is 18.7 Å². The van der Waals surface area contributed by atoms with Crippen molar-refractivity contribution in [3.8, 4) is 0 Å². The molecule has 1 aliphatic carbocycles. The lowest BCUT2D eigenvalue weighted by Crippen LogP contribution is -2.34. The van der Waals surface area contributed by atoms with Crippen LogP contribution in [0.4, 0.5) is 0 Å². The van der Waals surface area contributed by atoms with Crippen LogP contribution in [0.5, 0.6) is 0 Å². The van der Waals surface area contributed by atoms with Crippen molar-refractivity contribution >= 4 is 5.78 Å². The molecule has 0 aliphatic heterocycles. The minimum atomic E-state index is 0.285. The van der Waals surface area contributed by atoms with Gasteiger partial charge in [0.05, 0.1) is 0 Å². The van der Waals surface area contributed by atoms with E-state index < -0.39 is 0 Å². The van der Waals surface area contributed by atoms with E-state index in [9.17, 15) is 4.79 Å². The van der Waals surface area contributed by atoms with Gasteiger partial charge in [-0.1, -0.05) is 37.0 Å². The van der Waals surface area contributed by atoms with E-state index in [-0.39, 0.29) is 5.78 Å². The molecule has 1 aromatic rings. The molecule has 0 atom stereocenters. The van der Waals surface area contributed by atoms with Crippen molar-refractivity contribution in [1.82, 2.24) is 4.90 Å². The Labute approximate surface area is 123 Å². The molecule has 0 amide bonds. The van der Waals surface area contributed by atoms with Gasteiger partial charge in [0.25, 0.3) is 0 Å². The molecule has 2 rings (SSSR count). The van der Waals surface area contributed by atoms with Gasteiger partial charge in [-0.05, 0) is 45.4 Å². The summed E-state index contributed by atoms with van der Waals surface area (Å²) in [6.07, 6.45) is 5.97. The standard InChI is InChI=1S/C18H27NO/c1-4-19(17-7-5-6-8-17)10-9-18(20)16-12-14(2)11-15(3)13-16/h11-13,17H,4-10H2,1-3H3. The maximum Gasteiger partial charge on any atom is 0.164 e. The van der Waals surface area contributed by atoms with E-state index in [2.05, 4.69) is 31.7 Å². The van der Waals surface area contributed by atoms with Crippen LogP contribution in [0, 0.1) is 13.8 Å². The Hall–Kier alpha value is -1.15. The molecule has 0 N–H and O–H groups in total. The third-order valence-corrected chi connectivity index (χ3v) is 4.42. The van der Waals surface area contributed by atoms with Gasteiger partial charge in [0.1, 0.15) is 0 Å². The fraction of sp³-hybridized carbons (Fsp3) is 0.611. The number of benzene rings is 1. The number of hydrogen-bond acceptors (Lipinski definition) is 2. The molecule has 110 valence electrons. The molecule has 1 fully saturated rings. The van der Waals surface area contributed by atoms with Crippen LogP contribution in [-0.4, -0.2) is 29.8 Å². The second-order valence-corrected chi connectivity index (χ2v) is 6.12. The number of aryl methyl sites for hydroxylation is 2. The predicted molar refractivity (Wildman–Crippen MR) is 84.4 cm³/mol. The van der Waals surface area contributed by atoms with Crippen LogP contribution < -0.4 is 0 Å². The summed E-state index contributed by atoms with van der Waals surface area (Å²) in [5.74, 6) is 0.285. The summed E-state index contributed by atoms with van der Waals surface area (Å²) in [7, 11) is 0. The number of nitrogens with zero attached hydrogens (tertiary/aromatic N) is 1. The monoisotopic (exact) mass is 273 g/mol. The molecular formula is C18H27NO. The van der Waals surface area contributed by atoms with Gasteiger partial charge in [-0.3, -0.25) is 4.79 Å². The van der Waals surface area contributed by atoms with E-state index in [1.54, 1.807) is 0 Å². The molecule has 2 heteroatoms. The van der Waals surface area contributed by atoms with Crippen molar-refractivity contribution in [2.24, 2.45) is 0 Å². The number of hydrogen-bond donors (Lipinski definition) is 0. The summed E-state index contributed by atoms with van der Waals surface area (Å²) in [6, 6.07) is 6.86. The SMILES string of the molecule is CCN(CCC(=O)c1cc(C)cc(C)c1)C1CCCC1. The fourth-order valence-corrected chi connectivity index (χ4v) is 3.39. The highest BCUT2D eigenvalue weighted by atomic mass is 16.1. The van der Waals surface area contributed by atoms with E-state index in [0.29, 0.717) is 12.5 Å². The zero-order valence-electron chi connectivity index (χ0n) is 13.1. The molecule has 0 spiro atoms. The van der Waals surface area contributed by atoms with Crippen molar-refractivity contribution in [3.05, 3.63) is 34.9 Å². The Morgan fingerprint density at radius 3 is 2.30 bits per heavy atom. The number of carbonyl (C=O) groups is 1. The summed E-state index contributed by atoms with van der Waals surface area (Å²) in [4.78, 5) is 14.9. The molecule has 0 saturated heterocycles. The second-order valence-electron chi connectivity index (χ2n) is 6.12. The van der Waals surface area contributed by atoms with Gasteiger partial charge >= 0.3 is 0 Å². The van der Waals surface area contributed by atoms with Crippen molar-refractivity contribution < 1.29 is 4.79 Å². The van der Waals surface area contributed by atoms with Crippen LogP contribution in [0.1, 0.15) is 60.5 Å². The average Bonchev–Trinajstić information content (AvgIpc) is 2.92. The molecule has 1 aromatic carbocycles. The molecule has 0 unspecified atom stereocenters. The van der Waals surface area contributed by atoms with E-state index >= 15 is 0 Å². The molecular weight excluding hydrogens is 246 g/mol. The zero-order valence-corrected chi connectivity index (χ0v) is 13.1. The number of Topliss-reactive ketones (excluding diaryl/α,β-unsaturated/α-hetero) is 1. The molecule has 0 aromatic heterocycles. The Morgan fingerprint density at radius 2 is 1.75 bits per heavy atom. The summed E-state index contributed by atoms with van der Waals surface area (Å²) in [6.45, 7) is 8.29. The van der Waals surface area contributed by atoms with Crippen molar-refractivity contribution in [2.45, 2.75) is 58.9 Å². The maximum atomic E-state index is 12.4. The lowest BCUT2D eigenvalue weighted by atomic mass is 10.0. The largest absolute Gasteiger partial charge is 0.300 e. The maximum absolute atomic E-state index is 12.4. The molecule has 2 nitrogen and oxygen atoms in total. The molecule has 0 heterocycles. The van der Waals surface area contributed by atoms with Gasteiger partial charge in [-0.15, -0.1) is 0 Å². The van der Waals surface area contributed by atoms with Gasteiger partial charge in [0.15, 0.2) is 5.78 Å². The minimum absolute atomic E-state index is 0.285. The van der Waals surface area contributed by atoms with Crippen LogP contribution >= 0.6 is 0 Å². The normalized spacial score (nSPS) is 16.0. The van der Waals surface area contributed by atoms with Gasteiger partial charge in [-0.25, -0.2) is 0 Å². The topological polar surface area (TPSA) is 20.3 Å². The molecule has 1 saturated carbocycles. The van der Waals surface area contributed by atoms with E-state index in [1.165, 1.54) is 36.8 Å². The first kappa shape index (κ1) is 15.2. The fourth-order valence-electron chi connectivity index (χ4n) is 3.39. The van der Waals surface area contributed by atoms with E-state index in [4.69, 9.17) is 0 Å². The highest BCUT2D eigenvalue weighted by Crippen LogP contribution is 2.23. The van der Waals surface area contributed by atoms with Crippen molar-refractivity contribution in [2.75, 3.05) is 13.1 Å². The van der Waals surface area contributed by atoms with Gasteiger partial charge in [0, 0.05) is 24.6 Å². The quantitative estimate of drug-likeness (QED) is 0.726. The first-order valence-electron chi connectivity index (χ1n) is 7.95. The second kappa shape index (κ2) is 7.03. The molecule has 0 bridgehead atoms. The Morgan fingerprint density at radius 1 is 1.15 bits per heavy atom. The summed E-state index contributed by atoms with van der Waals surface area (Å²) in [5.41, 5.74) is 3.23. The third-order valence-electron chi connectivity index (χ3n) is 4.42. The number of carbonyl (C=O) groups excluding carboxylic acids is 1. The van der Waals surface area contributed by atoms with E-state index in [1.807, 2.05) is 12.1 Å². The predicted octanol–water partition coefficient (Wildman–Crippen LogP) is 4.14.